The van der Waals surface area contributed by atoms with E-state index in [0.29, 0.717) is 24.0 Å². The quantitative estimate of drug-likeness (QED) is 0.326. The second-order valence-electron chi connectivity index (χ2n) is 10.3. The molecule has 0 amide bonds. The molecule has 0 radical (unpaired) electrons. The summed E-state index contributed by atoms with van der Waals surface area (Å²) in [5.41, 5.74) is 6.10. The van der Waals surface area contributed by atoms with Gasteiger partial charge in [-0.25, -0.2) is 8.42 Å². The first-order valence-corrected chi connectivity index (χ1v) is 14.6. The van der Waals surface area contributed by atoms with Gasteiger partial charge in [-0.15, -0.1) is 4.40 Å². The number of carbonyl (C=O) groups excluding carboxylic acids is 1. The van der Waals surface area contributed by atoms with Gasteiger partial charge in [-0.2, -0.15) is 0 Å². The van der Waals surface area contributed by atoms with E-state index in [1.807, 2.05) is 20.8 Å². The average Bonchev–Trinajstić information content (AvgIpc) is 2.75. The number of rotatable bonds is 5. The molecule has 10 nitrogen and oxygen atoms in total. The SMILES string of the molecule is CC(C)(C)CCC1(N)C(=O)C(C2=NS(O)(O)c3cc(NS(C)(=O)=O)ccc3N2)=C(O)c2ccccc21. The molecule has 1 atom stereocenters. The molecule has 1 heterocycles. The van der Waals surface area contributed by atoms with Crippen molar-refractivity contribution in [3.63, 3.8) is 0 Å². The highest BCUT2D eigenvalue weighted by molar-refractivity contribution is 8.23. The van der Waals surface area contributed by atoms with E-state index in [2.05, 4.69) is 14.4 Å². The van der Waals surface area contributed by atoms with Crippen LogP contribution in [0.2, 0.25) is 0 Å². The molecule has 1 unspecified atom stereocenters. The molecule has 2 aliphatic rings. The van der Waals surface area contributed by atoms with Crippen LogP contribution in [0.4, 0.5) is 11.4 Å². The molecule has 4 rings (SSSR count). The third kappa shape index (κ3) is 4.87. The lowest BCUT2D eigenvalue weighted by Gasteiger charge is -2.39. The number of nitrogens with one attached hydrogen (secondary N) is 2. The van der Waals surface area contributed by atoms with Crippen molar-refractivity contribution in [2.24, 2.45) is 15.5 Å². The molecule has 2 aromatic carbocycles. The number of aliphatic hydroxyl groups excluding tert-OH is 1. The molecule has 0 saturated carbocycles. The molecule has 0 spiro atoms. The summed E-state index contributed by atoms with van der Waals surface area (Å²) >= 11 is 0. The Balaban J connectivity index is 1.82. The van der Waals surface area contributed by atoms with Crippen molar-refractivity contribution in [2.45, 2.75) is 44.0 Å². The number of Topliss-reactive ketones (excluding diaryl/α,β-unsaturated/α-hetero) is 1. The van der Waals surface area contributed by atoms with E-state index >= 15 is 0 Å². The number of hydrogen-bond acceptors (Lipinski definition) is 9. The second-order valence-corrected chi connectivity index (χ2v) is 13.7. The first-order valence-electron chi connectivity index (χ1n) is 11.2. The number of sulfonamides is 1. The number of carbonyl (C=O) groups is 1. The van der Waals surface area contributed by atoms with E-state index in [4.69, 9.17) is 5.73 Å². The summed E-state index contributed by atoms with van der Waals surface area (Å²) in [6, 6.07) is 10.9. The van der Waals surface area contributed by atoms with Gasteiger partial charge in [0, 0.05) is 5.56 Å². The molecule has 12 heteroatoms. The lowest BCUT2D eigenvalue weighted by Crippen LogP contribution is -2.51. The summed E-state index contributed by atoms with van der Waals surface area (Å²) in [6.45, 7) is 6.11. The van der Waals surface area contributed by atoms with Crippen LogP contribution in [0.5, 0.6) is 0 Å². The molecule has 0 saturated heterocycles. The molecule has 194 valence electrons. The van der Waals surface area contributed by atoms with Crippen molar-refractivity contribution in [3.8, 4) is 0 Å². The number of hydrogen-bond donors (Lipinski definition) is 6. The number of nitrogens with two attached hydrogens (primary N) is 1. The van der Waals surface area contributed by atoms with Gasteiger partial charge in [-0.05, 0) is 42.0 Å². The zero-order valence-corrected chi connectivity index (χ0v) is 22.0. The Labute approximate surface area is 211 Å². The van der Waals surface area contributed by atoms with Crippen molar-refractivity contribution in [1.29, 1.82) is 0 Å². The highest BCUT2D eigenvalue weighted by Crippen LogP contribution is 2.57. The fraction of sp³-hybridized carbons (Fsp3) is 0.333. The van der Waals surface area contributed by atoms with Crippen LogP contribution < -0.4 is 15.8 Å². The van der Waals surface area contributed by atoms with Gasteiger partial charge in [0.2, 0.25) is 10.0 Å². The van der Waals surface area contributed by atoms with Crippen molar-refractivity contribution >= 4 is 49.6 Å². The van der Waals surface area contributed by atoms with Crippen LogP contribution in [0.25, 0.3) is 5.76 Å². The van der Waals surface area contributed by atoms with Crippen LogP contribution in [-0.4, -0.2) is 40.5 Å². The van der Waals surface area contributed by atoms with Crippen molar-refractivity contribution in [1.82, 2.24) is 0 Å². The minimum absolute atomic E-state index is 0.0598. The predicted octanol–water partition coefficient (Wildman–Crippen LogP) is 4.44. The molecule has 36 heavy (non-hydrogen) atoms. The fourth-order valence-corrected chi connectivity index (χ4v) is 6.02. The number of nitrogens with zero attached hydrogens (tertiary/aromatic N) is 1. The number of benzene rings is 2. The molecule has 2 aromatic rings. The van der Waals surface area contributed by atoms with E-state index in [0.717, 1.165) is 6.26 Å². The average molecular weight is 535 g/mol. The van der Waals surface area contributed by atoms with Crippen LogP contribution in [-0.2, 0) is 20.4 Å². The molecule has 0 fully saturated rings. The summed E-state index contributed by atoms with van der Waals surface area (Å²) < 4.78 is 51.1. The third-order valence-electron chi connectivity index (χ3n) is 6.09. The van der Waals surface area contributed by atoms with Crippen LogP contribution in [0.3, 0.4) is 0 Å². The second kappa shape index (κ2) is 8.60. The first kappa shape index (κ1) is 26.2. The number of ketones is 1. The maximum atomic E-state index is 13.9. The monoisotopic (exact) mass is 534 g/mol. The van der Waals surface area contributed by atoms with E-state index in [-0.39, 0.29) is 38.9 Å². The third-order valence-corrected chi connectivity index (χ3v) is 8.06. The first-order chi connectivity index (χ1) is 16.5. The fourth-order valence-electron chi connectivity index (χ4n) is 4.27. The Morgan fingerprint density at radius 1 is 1.17 bits per heavy atom. The molecule has 0 bridgehead atoms. The number of fused-ring (bicyclic) bond motifs is 2. The van der Waals surface area contributed by atoms with E-state index in [1.165, 1.54) is 18.2 Å². The van der Waals surface area contributed by atoms with E-state index < -0.39 is 32.1 Å². The molecule has 1 aliphatic carbocycles. The van der Waals surface area contributed by atoms with Gasteiger partial charge in [0.1, 0.15) is 21.8 Å². The lowest BCUT2D eigenvalue weighted by atomic mass is 9.70. The standard InChI is InChI=1S/C24H30N4O6S2/c1-23(2,3)11-12-24(25)16-8-6-5-7-15(16)20(29)19(21(24)30)22-26-17-10-9-14(27-35(4,31)32)13-18(17)36(33,34)28-22/h5-10,13,27,29,33-34H,11-12,25H2,1-4H3,(H,26,28). The van der Waals surface area contributed by atoms with Gasteiger partial charge >= 0.3 is 0 Å². The number of aliphatic hydroxyl groups is 1. The summed E-state index contributed by atoms with van der Waals surface area (Å²) in [7, 11) is -7.46. The van der Waals surface area contributed by atoms with Crippen LogP contribution >= 0.6 is 10.8 Å². The normalized spacial score (nSPS) is 22.2. The van der Waals surface area contributed by atoms with Crippen molar-refractivity contribution < 1.29 is 27.4 Å². The maximum Gasteiger partial charge on any atom is 0.229 e. The summed E-state index contributed by atoms with van der Waals surface area (Å²) in [6.07, 6.45) is 1.88. The Kier molecular flexibility index (Phi) is 6.25. The highest BCUT2D eigenvalue weighted by atomic mass is 32.3. The Morgan fingerprint density at radius 2 is 1.83 bits per heavy atom. The minimum atomic E-state index is -3.86. The van der Waals surface area contributed by atoms with E-state index in [9.17, 15) is 27.4 Å². The summed E-state index contributed by atoms with van der Waals surface area (Å²) in [4.78, 5) is 13.8. The van der Waals surface area contributed by atoms with Gasteiger partial charge in [-0.1, -0.05) is 55.8 Å². The Morgan fingerprint density at radius 3 is 2.47 bits per heavy atom. The number of amidine groups is 1. The Bertz CT molecular complexity index is 1430. The zero-order valence-electron chi connectivity index (χ0n) is 20.4. The lowest BCUT2D eigenvalue weighted by molar-refractivity contribution is -0.121. The molecular weight excluding hydrogens is 504 g/mol. The van der Waals surface area contributed by atoms with Gasteiger partial charge in [-0.3, -0.25) is 18.6 Å². The Hall–Kier alpha value is -2.90. The van der Waals surface area contributed by atoms with Gasteiger partial charge in [0.05, 0.1) is 17.6 Å². The van der Waals surface area contributed by atoms with E-state index in [1.54, 1.807) is 24.3 Å². The molecule has 7 N–H and O–H groups in total. The largest absolute Gasteiger partial charge is 0.506 e. The van der Waals surface area contributed by atoms with Crippen molar-refractivity contribution in [2.75, 3.05) is 16.3 Å². The summed E-state index contributed by atoms with van der Waals surface area (Å²) in [5.74, 6) is -1.19. The zero-order chi connectivity index (χ0) is 26.7. The van der Waals surface area contributed by atoms with Gasteiger partial charge in [0.15, 0.2) is 11.6 Å². The summed E-state index contributed by atoms with van der Waals surface area (Å²) in [5, 5.41) is 14.0. The van der Waals surface area contributed by atoms with Gasteiger partial charge in [0.25, 0.3) is 0 Å². The van der Waals surface area contributed by atoms with Gasteiger partial charge < -0.3 is 16.2 Å². The number of anilines is 2. The molecular formula is C24H30N4O6S2. The van der Waals surface area contributed by atoms with Crippen LogP contribution in [0, 0.1) is 5.41 Å². The highest BCUT2D eigenvalue weighted by Gasteiger charge is 2.47. The maximum absolute atomic E-state index is 13.9. The molecule has 0 aromatic heterocycles. The van der Waals surface area contributed by atoms with Crippen molar-refractivity contribution in [3.05, 3.63) is 59.2 Å². The van der Waals surface area contributed by atoms with Crippen LogP contribution in [0.15, 0.2) is 57.3 Å². The molecule has 1 aliphatic heterocycles. The topological polar surface area (TPSA) is 174 Å². The minimum Gasteiger partial charge on any atom is -0.506 e. The predicted molar refractivity (Wildman–Crippen MR) is 143 cm³/mol. The smallest absolute Gasteiger partial charge is 0.229 e. The van der Waals surface area contributed by atoms with Crippen LogP contribution in [0.1, 0.15) is 44.7 Å².